The monoisotopic (exact) mass is 292 g/mol. The maximum absolute atomic E-state index is 10.8. The van der Waals surface area contributed by atoms with Gasteiger partial charge >= 0.3 is 5.97 Å². The second kappa shape index (κ2) is 6.57. The Hall–Kier alpha value is -2.81. The molecular weight excluding hydrogens is 280 g/mol. The minimum Gasteiger partial charge on any atom is -0.480 e. The minimum absolute atomic E-state index is 0.0533. The number of hydrogen-bond donors (Lipinski definition) is 2. The summed E-state index contributed by atoms with van der Waals surface area (Å²) in [6, 6.07) is 4.30. The number of hydrogen-bond acceptors (Lipinski definition) is 7. The van der Waals surface area contributed by atoms with Crippen molar-refractivity contribution in [1.82, 2.24) is 9.97 Å². The number of aliphatic carboxylic acids is 1. The molecule has 0 unspecified atom stereocenters. The van der Waals surface area contributed by atoms with E-state index in [2.05, 4.69) is 15.3 Å². The smallest absolute Gasteiger partial charge is 0.329 e. The molecule has 0 amide bonds. The number of non-ortho nitro benzene ring substituents is 1. The van der Waals surface area contributed by atoms with Crippen LogP contribution in [0.15, 0.2) is 24.5 Å². The number of benzene rings is 1. The van der Waals surface area contributed by atoms with E-state index in [1.54, 1.807) is 6.07 Å². The first-order chi connectivity index (χ1) is 10.1. The van der Waals surface area contributed by atoms with Crippen molar-refractivity contribution in [1.29, 1.82) is 0 Å². The van der Waals surface area contributed by atoms with E-state index in [1.165, 1.54) is 18.5 Å². The van der Waals surface area contributed by atoms with E-state index < -0.39 is 10.9 Å². The van der Waals surface area contributed by atoms with Crippen LogP contribution in [0.1, 0.15) is 0 Å². The van der Waals surface area contributed by atoms with Gasteiger partial charge in [-0.1, -0.05) is 0 Å². The second-order valence-electron chi connectivity index (χ2n) is 4.05. The highest BCUT2D eigenvalue weighted by molar-refractivity contribution is 5.90. The summed E-state index contributed by atoms with van der Waals surface area (Å²) in [5.74, 6) is -0.610. The van der Waals surface area contributed by atoms with Crippen LogP contribution >= 0.6 is 0 Å². The molecule has 0 saturated heterocycles. The van der Waals surface area contributed by atoms with Gasteiger partial charge in [0.05, 0.1) is 17.0 Å². The molecule has 21 heavy (non-hydrogen) atoms. The lowest BCUT2D eigenvalue weighted by molar-refractivity contribution is -0.384. The Morgan fingerprint density at radius 3 is 2.95 bits per heavy atom. The number of ether oxygens (including phenoxy) is 1. The van der Waals surface area contributed by atoms with Crippen molar-refractivity contribution in [3.63, 3.8) is 0 Å². The van der Waals surface area contributed by atoms with Gasteiger partial charge in [-0.25, -0.2) is 14.8 Å². The standard InChI is InChI=1S/C12H12N4O5/c17-11(18)6-21-4-3-13-12-9-5-8(16(19)20)1-2-10(9)14-7-15-12/h1-2,5,7H,3-4,6H2,(H,17,18)(H,13,14,15). The van der Waals surface area contributed by atoms with Crippen LogP contribution in [-0.4, -0.2) is 45.7 Å². The number of nitro benzene ring substituents is 1. The summed E-state index contributed by atoms with van der Waals surface area (Å²) in [4.78, 5) is 28.6. The summed E-state index contributed by atoms with van der Waals surface area (Å²) in [7, 11) is 0. The Kier molecular flexibility index (Phi) is 4.57. The molecule has 0 fully saturated rings. The molecule has 0 bridgehead atoms. The van der Waals surface area contributed by atoms with E-state index in [4.69, 9.17) is 9.84 Å². The van der Waals surface area contributed by atoms with Gasteiger partial charge in [-0.3, -0.25) is 10.1 Å². The van der Waals surface area contributed by atoms with Crippen LogP contribution in [0.2, 0.25) is 0 Å². The Labute approximate surface area is 118 Å². The molecule has 1 aromatic heterocycles. The number of carbonyl (C=O) groups is 1. The highest BCUT2D eigenvalue weighted by atomic mass is 16.6. The van der Waals surface area contributed by atoms with Gasteiger partial charge in [-0.15, -0.1) is 0 Å². The van der Waals surface area contributed by atoms with Crippen LogP contribution < -0.4 is 5.32 Å². The van der Waals surface area contributed by atoms with E-state index in [0.29, 0.717) is 23.3 Å². The fraction of sp³-hybridized carbons (Fsp3) is 0.250. The number of carboxylic acid groups (broad SMARTS) is 1. The van der Waals surface area contributed by atoms with Crippen molar-refractivity contribution in [2.24, 2.45) is 0 Å². The van der Waals surface area contributed by atoms with Crippen LogP contribution in [0, 0.1) is 10.1 Å². The van der Waals surface area contributed by atoms with Crippen molar-refractivity contribution in [3.05, 3.63) is 34.6 Å². The number of rotatable bonds is 7. The molecule has 9 nitrogen and oxygen atoms in total. The van der Waals surface area contributed by atoms with Gasteiger partial charge in [0.25, 0.3) is 5.69 Å². The highest BCUT2D eigenvalue weighted by Gasteiger charge is 2.10. The molecule has 110 valence electrons. The Balaban J connectivity index is 2.10. The lowest BCUT2D eigenvalue weighted by Crippen LogP contribution is -2.14. The van der Waals surface area contributed by atoms with Crippen molar-refractivity contribution < 1.29 is 19.6 Å². The Morgan fingerprint density at radius 1 is 1.43 bits per heavy atom. The number of anilines is 1. The Morgan fingerprint density at radius 2 is 2.24 bits per heavy atom. The fourth-order valence-electron chi connectivity index (χ4n) is 1.70. The van der Waals surface area contributed by atoms with Crippen LogP contribution in [0.3, 0.4) is 0 Å². The zero-order valence-electron chi connectivity index (χ0n) is 10.9. The maximum atomic E-state index is 10.8. The summed E-state index contributed by atoms with van der Waals surface area (Å²) < 4.78 is 4.88. The summed E-state index contributed by atoms with van der Waals surface area (Å²) in [6.07, 6.45) is 1.34. The zero-order valence-corrected chi connectivity index (χ0v) is 10.9. The lowest BCUT2D eigenvalue weighted by atomic mass is 10.2. The largest absolute Gasteiger partial charge is 0.480 e. The van der Waals surface area contributed by atoms with Crippen LogP contribution in [0.25, 0.3) is 10.9 Å². The topological polar surface area (TPSA) is 127 Å². The average Bonchev–Trinajstić information content (AvgIpc) is 2.46. The summed E-state index contributed by atoms with van der Waals surface area (Å²) in [5.41, 5.74) is 0.520. The molecule has 0 aliphatic heterocycles. The molecule has 0 aliphatic carbocycles. The molecule has 2 N–H and O–H groups in total. The van der Waals surface area contributed by atoms with Crippen LogP contribution in [-0.2, 0) is 9.53 Å². The molecule has 0 atom stereocenters. The van der Waals surface area contributed by atoms with Crippen molar-refractivity contribution in [2.75, 3.05) is 25.1 Å². The van der Waals surface area contributed by atoms with Crippen molar-refractivity contribution >= 4 is 28.4 Å². The van der Waals surface area contributed by atoms with Gasteiger partial charge < -0.3 is 15.2 Å². The van der Waals surface area contributed by atoms with Gasteiger partial charge in [-0.2, -0.15) is 0 Å². The Bertz CT molecular complexity index is 676. The van der Waals surface area contributed by atoms with E-state index in [-0.39, 0.29) is 18.9 Å². The average molecular weight is 292 g/mol. The third-order valence-electron chi connectivity index (χ3n) is 2.59. The molecule has 9 heteroatoms. The fourth-order valence-corrected chi connectivity index (χ4v) is 1.70. The van der Waals surface area contributed by atoms with Gasteiger partial charge in [-0.05, 0) is 6.07 Å². The van der Waals surface area contributed by atoms with Gasteiger partial charge in [0, 0.05) is 24.1 Å². The van der Waals surface area contributed by atoms with Crippen molar-refractivity contribution in [3.8, 4) is 0 Å². The quantitative estimate of drug-likeness (QED) is 0.440. The SMILES string of the molecule is O=C(O)COCCNc1ncnc2ccc([N+](=O)[O-])cc12. The molecule has 2 aromatic rings. The third kappa shape index (κ3) is 3.83. The van der Waals surface area contributed by atoms with Crippen LogP contribution in [0.4, 0.5) is 11.5 Å². The number of carboxylic acids is 1. The number of nitrogens with zero attached hydrogens (tertiary/aromatic N) is 3. The highest BCUT2D eigenvalue weighted by Crippen LogP contribution is 2.23. The normalized spacial score (nSPS) is 10.5. The maximum Gasteiger partial charge on any atom is 0.329 e. The predicted octanol–water partition coefficient (Wildman–Crippen LogP) is 1.05. The number of fused-ring (bicyclic) bond motifs is 1. The first-order valence-corrected chi connectivity index (χ1v) is 6.00. The number of nitrogens with one attached hydrogen (secondary N) is 1. The molecule has 1 aromatic carbocycles. The molecule has 2 rings (SSSR count). The lowest BCUT2D eigenvalue weighted by Gasteiger charge is -2.08. The summed E-state index contributed by atoms with van der Waals surface area (Å²) in [6.45, 7) is 0.118. The summed E-state index contributed by atoms with van der Waals surface area (Å²) >= 11 is 0. The van der Waals surface area contributed by atoms with E-state index >= 15 is 0 Å². The molecular formula is C12H12N4O5. The van der Waals surface area contributed by atoms with Gasteiger partial charge in [0.15, 0.2) is 0 Å². The zero-order chi connectivity index (χ0) is 15.2. The van der Waals surface area contributed by atoms with E-state index in [9.17, 15) is 14.9 Å². The predicted molar refractivity (Wildman–Crippen MR) is 73.1 cm³/mol. The van der Waals surface area contributed by atoms with E-state index in [1.807, 2.05) is 0 Å². The first kappa shape index (κ1) is 14.6. The molecule has 0 saturated carbocycles. The molecule has 0 aliphatic rings. The second-order valence-corrected chi connectivity index (χ2v) is 4.05. The number of nitro groups is 1. The molecule has 0 radical (unpaired) electrons. The van der Waals surface area contributed by atoms with E-state index in [0.717, 1.165) is 0 Å². The molecule has 1 heterocycles. The van der Waals surface area contributed by atoms with Crippen LogP contribution in [0.5, 0.6) is 0 Å². The van der Waals surface area contributed by atoms with Crippen molar-refractivity contribution in [2.45, 2.75) is 0 Å². The number of aromatic nitrogens is 2. The van der Waals surface area contributed by atoms with Gasteiger partial charge in [0.2, 0.25) is 0 Å². The molecule has 0 spiro atoms. The third-order valence-corrected chi connectivity index (χ3v) is 2.59. The minimum atomic E-state index is -1.04. The summed E-state index contributed by atoms with van der Waals surface area (Å²) in [5, 5.41) is 22.7. The first-order valence-electron chi connectivity index (χ1n) is 6.00. The van der Waals surface area contributed by atoms with Gasteiger partial charge in [0.1, 0.15) is 18.8 Å².